The molecular weight excluding hydrogens is 322 g/mol. The number of ether oxygens (including phenoxy) is 1. The Bertz CT molecular complexity index is 962. The predicted molar refractivity (Wildman–Crippen MR) is 93.3 cm³/mol. The number of carboxylic acid groups (broad SMARTS) is 1. The molecule has 3 rings (SSSR count). The molecule has 0 bridgehead atoms. The zero-order valence-corrected chi connectivity index (χ0v) is 13.8. The third-order valence-corrected chi connectivity index (χ3v) is 3.86. The number of carbonyl (C=O) groups excluding carboxylic acids is 1. The van der Waals surface area contributed by atoms with Gasteiger partial charge in [-0.15, -0.1) is 0 Å². The number of nitrogens with one attached hydrogen (secondary N) is 1. The zero-order valence-electron chi connectivity index (χ0n) is 13.8. The average molecular weight is 339 g/mol. The van der Waals surface area contributed by atoms with E-state index in [0.29, 0.717) is 17.9 Å². The monoisotopic (exact) mass is 339 g/mol. The number of aromatic carboxylic acids is 1. The Kier molecular flexibility index (Phi) is 4.38. The van der Waals surface area contributed by atoms with Crippen LogP contribution in [0.3, 0.4) is 0 Å². The molecule has 1 heterocycles. The smallest absolute Gasteiger partial charge is 0.339 e. The molecule has 0 unspecified atom stereocenters. The van der Waals surface area contributed by atoms with Crippen molar-refractivity contribution < 1.29 is 19.4 Å². The second-order valence-electron chi connectivity index (χ2n) is 5.36. The first-order valence-electron chi connectivity index (χ1n) is 7.73. The summed E-state index contributed by atoms with van der Waals surface area (Å²) < 4.78 is 6.77. The fourth-order valence-corrected chi connectivity index (χ4v) is 2.68. The van der Waals surface area contributed by atoms with Gasteiger partial charge < -0.3 is 15.2 Å². The SMILES string of the molecule is CCn1nc(C(=O)Nc2ccc(OC)c(C(=O)O)c2)c2ccccc21. The minimum Gasteiger partial charge on any atom is -0.496 e. The van der Waals surface area contributed by atoms with Crippen molar-refractivity contribution in [1.82, 2.24) is 9.78 Å². The van der Waals surface area contributed by atoms with Crippen molar-refractivity contribution in [1.29, 1.82) is 0 Å². The molecule has 1 aromatic heterocycles. The van der Waals surface area contributed by atoms with E-state index in [1.165, 1.54) is 19.2 Å². The maximum Gasteiger partial charge on any atom is 0.339 e. The van der Waals surface area contributed by atoms with Crippen molar-refractivity contribution in [3.8, 4) is 5.75 Å². The summed E-state index contributed by atoms with van der Waals surface area (Å²) in [5.74, 6) is -1.30. The summed E-state index contributed by atoms with van der Waals surface area (Å²) in [4.78, 5) is 23.9. The fraction of sp³-hybridized carbons (Fsp3) is 0.167. The number of methoxy groups -OCH3 is 1. The lowest BCUT2D eigenvalue weighted by Crippen LogP contribution is -2.14. The molecule has 1 amide bonds. The number of nitrogens with zero attached hydrogens (tertiary/aromatic N) is 2. The number of aromatic nitrogens is 2. The fourth-order valence-electron chi connectivity index (χ4n) is 2.68. The molecule has 0 aliphatic heterocycles. The molecule has 0 spiro atoms. The second kappa shape index (κ2) is 6.64. The van der Waals surface area contributed by atoms with Gasteiger partial charge >= 0.3 is 5.97 Å². The number of hydrogen-bond donors (Lipinski definition) is 2. The van der Waals surface area contributed by atoms with Gasteiger partial charge in [-0.2, -0.15) is 5.10 Å². The van der Waals surface area contributed by atoms with Crippen LogP contribution in [-0.4, -0.2) is 33.9 Å². The number of fused-ring (bicyclic) bond motifs is 1. The molecule has 25 heavy (non-hydrogen) atoms. The Hall–Kier alpha value is -3.35. The lowest BCUT2D eigenvalue weighted by atomic mass is 10.1. The van der Waals surface area contributed by atoms with Gasteiger partial charge in [-0.1, -0.05) is 18.2 Å². The molecule has 128 valence electrons. The van der Waals surface area contributed by atoms with E-state index in [1.54, 1.807) is 10.7 Å². The minimum absolute atomic E-state index is 0.0238. The highest BCUT2D eigenvalue weighted by molar-refractivity contribution is 6.11. The van der Waals surface area contributed by atoms with Crippen LogP contribution in [0.15, 0.2) is 42.5 Å². The van der Waals surface area contributed by atoms with Crippen LogP contribution in [0.4, 0.5) is 5.69 Å². The first kappa shape index (κ1) is 16.5. The highest BCUT2D eigenvalue weighted by atomic mass is 16.5. The molecule has 2 aromatic carbocycles. The molecular formula is C18H17N3O4. The average Bonchev–Trinajstić information content (AvgIpc) is 3.00. The molecule has 3 aromatic rings. The number of rotatable bonds is 5. The van der Waals surface area contributed by atoms with Gasteiger partial charge in [0.15, 0.2) is 5.69 Å². The number of aryl methyl sites for hydroxylation is 1. The molecule has 0 fully saturated rings. The molecule has 7 nitrogen and oxygen atoms in total. The van der Waals surface area contributed by atoms with Crippen LogP contribution in [0.5, 0.6) is 5.75 Å². The van der Waals surface area contributed by atoms with Crippen LogP contribution in [0.2, 0.25) is 0 Å². The van der Waals surface area contributed by atoms with Crippen LogP contribution in [0.25, 0.3) is 10.9 Å². The maximum absolute atomic E-state index is 12.6. The summed E-state index contributed by atoms with van der Waals surface area (Å²) in [6, 6.07) is 11.9. The Morgan fingerprint density at radius 3 is 2.68 bits per heavy atom. The number of carboxylic acids is 1. The van der Waals surface area contributed by atoms with Crippen LogP contribution in [0.1, 0.15) is 27.8 Å². The van der Waals surface area contributed by atoms with Gasteiger partial charge in [0.2, 0.25) is 0 Å². The van der Waals surface area contributed by atoms with Gasteiger partial charge in [-0.25, -0.2) is 4.79 Å². The molecule has 7 heteroatoms. The van der Waals surface area contributed by atoms with E-state index in [9.17, 15) is 14.7 Å². The van der Waals surface area contributed by atoms with Crippen molar-refractivity contribution >= 4 is 28.5 Å². The number of carbonyl (C=O) groups is 2. The summed E-state index contributed by atoms with van der Waals surface area (Å²) in [6.45, 7) is 2.59. The summed E-state index contributed by atoms with van der Waals surface area (Å²) in [5, 5.41) is 17.0. The van der Waals surface area contributed by atoms with E-state index in [-0.39, 0.29) is 11.3 Å². The molecule has 0 aliphatic carbocycles. The number of para-hydroxylation sites is 1. The topological polar surface area (TPSA) is 93.5 Å². The summed E-state index contributed by atoms with van der Waals surface area (Å²) in [5.41, 5.74) is 1.50. The van der Waals surface area contributed by atoms with Crippen molar-refractivity contribution in [2.24, 2.45) is 0 Å². The van der Waals surface area contributed by atoms with Gasteiger partial charge in [0.1, 0.15) is 11.3 Å². The van der Waals surface area contributed by atoms with Gasteiger partial charge in [-0.3, -0.25) is 9.48 Å². The minimum atomic E-state index is -1.13. The third-order valence-electron chi connectivity index (χ3n) is 3.86. The third kappa shape index (κ3) is 3.03. The molecule has 2 N–H and O–H groups in total. The summed E-state index contributed by atoms with van der Waals surface area (Å²) in [6.07, 6.45) is 0. The highest BCUT2D eigenvalue weighted by Gasteiger charge is 2.18. The number of benzene rings is 2. The van der Waals surface area contributed by atoms with Gasteiger partial charge in [0.25, 0.3) is 5.91 Å². The second-order valence-corrected chi connectivity index (χ2v) is 5.36. The number of amides is 1. The largest absolute Gasteiger partial charge is 0.496 e. The van der Waals surface area contributed by atoms with Crippen molar-refractivity contribution in [2.75, 3.05) is 12.4 Å². The normalized spacial score (nSPS) is 10.6. The standard InChI is InChI=1S/C18H17N3O4/c1-3-21-14-7-5-4-6-12(14)16(20-21)17(22)19-11-8-9-15(25-2)13(10-11)18(23)24/h4-10H,3H2,1-2H3,(H,19,22)(H,23,24). The van der Waals surface area contributed by atoms with Crippen molar-refractivity contribution in [2.45, 2.75) is 13.5 Å². The van der Waals surface area contributed by atoms with Crippen LogP contribution < -0.4 is 10.1 Å². The lowest BCUT2D eigenvalue weighted by Gasteiger charge is -2.08. The van der Waals surface area contributed by atoms with Crippen LogP contribution in [-0.2, 0) is 6.54 Å². The summed E-state index contributed by atoms with van der Waals surface area (Å²) >= 11 is 0. The zero-order chi connectivity index (χ0) is 18.0. The van der Waals surface area contributed by atoms with E-state index >= 15 is 0 Å². The Labute approximate surface area is 143 Å². The Morgan fingerprint density at radius 2 is 2.00 bits per heavy atom. The lowest BCUT2D eigenvalue weighted by molar-refractivity contribution is 0.0693. The molecule has 0 radical (unpaired) electrons. The molecule has 0 saturated carbocycles. The molecule has 0 saturated heterocycles. The quantitative estimate of drug-likeness (QED) is 0.745. The van der Waals surface area contributed by atoms with E-state index in [2.05, 4.69) is 10.4 Å². The first-order valence-corrected chi connectivity index (χ1v) is 7.73. The summed E-state index contributed by atoms with van der Waals surface area (Å²) in [7, 11) is 1.39. The maximum atomic E-state index is 12.6. The van der Waals surface area contributed by atoms with Crippen LogP contribution in [0, 0.1) is 0 Å². The van der Waals surface area contributed by atoms with Crippen LogP contribution >= 0.6 is 0 Å². The van der Waals surface area contributed by atoms with E-state index in [1.807, 2.05) is 31.2 Å². The van der Waals surface area contributed by atoms with Gasteiger partial charge in [0.05, 0.1) is 12.6 Å². The van der Waals surface area contributed by atoms with Gasteiger partial charge in [0, 0.05) is 17.6 Å². The Balaban J connectivity index is 1.96. The molecule has 0 aliphatic rings. The number of hydrogen-bond acceptors (Lipinski definition) is 4. The highest BCUT2D eigenvalue weighted by Crippen LogP contribution is 2.24. The van der Waals surface area contributed by atoms with E-state index in [4.69, 9.17) is 4.74 Å². The molecule has 0 atom stereocenters. The van der Waals surface area contributed by atoms with Gasteiger partial charge in [-0.05, 0) is 31.2 Å². The van der Waals surface area contributed by atoms with Crippen molar-refractivity contribution in [3.63, 3.8) is 0 Å². The number of anilines is 1. The first-order chi connectivity index (χ1) is 12.0. The Morgan fingerprint density at radius 1 is 1.24 bits per heavy atom. The predicted octanol–water partition coefficient (Wildman–Crippen LogP) is 3.02. The van der Waals surface area contributed by atoms with E-state index < -0.39 is 11.9 Å². The van der Waals surface area contributed by atoms with Crippen molar-refractivity contribution in [3.05, 3.63) is 53.7 Å². The van der Waals surface area contributed by atoms with E-state index in [0.717, 1.165) is 10.9 Å².